The maximum absolute atomic E-state index is 6.03. The molecule has 104 valence electrons. The van der Waals surface area contributed by atoms with Gasteiger partial charge in [-0.3, -0.25) is 0 Å². The van der Waals surface area contributed by atoms with Gasteiger partial charge in [0.2, 0.25) is 0 Å². The van der Waals surface area contributed by atoms with Crippen molar-refractivity contribution in [2.45, 2.75) is 51.2 Å². The molecule has 2 aliphatic rings. The monoisotopic (exact) mass is 280 g/mol. The zero-order chi connectivity index (χ0) is 13.7. The number of thiazole rings is 1. The Morgan fingerprint density at radius 3 is 2.58 bits per heavy atom. The van der Waals surface area contributed by atoms with Gasteiger partial charge in [0.25, 0.3) is 0 Å². The van der Waals surface area contributed by atoms with Crippen LogP contribution < -0.4 is 10.9 Å². The Balaban J connectivity index is 1.77. The summed E-state index contributed by atoms with van der Waals surface area (Å²) in [5, 5.41) is 6.66. The minimum atomic E-state index is -0.329. The first-order valence-electron chi connectivity index (χ1n) is 6.91. The molecule has 2 aliphatic heterocycles. The predicted molar refractivity (Wildman–Crippen MR) is 78.1 cm³/mol. The van der Waals surface area contributed by atoms with Crippen LogP contribution in [0.4, 0.5) is 0 Å². The summed E-state index contributed by atoms with van der Waals surface area (Å²) in [5.74, 6) is 0.557. The minimum Gasteiger partial charge on any atom is -0.398 e. The Bertz CT molecular complexity index is 453. The molecule has 2 saturated heterocycles. The van der Waals surface area contributed by atoms with E-state index in [0.29, 0.717) is 5.92 Å². The Morgan fingerprint density at radius 1 is 1.32 bits per heavy atom. The van der Waals surface area contributed by atoms with Crippen LogP contribution in [-0.2, 0) is 9.31 Å². The number of hydrogen-bond donors (Lipinski definition) is 1. The van der Waals surface area contributed by atoms with Crippen molar-refractivity contribution in [3.05, 3.63) is 10.4 Å². The SMILES string of the molecule is CC1(C)OB(c2csc(C3CCNC3)n2)OC1(C)C. The van der Waals surface area contributed by atoms with Crippen LogP contribution in [0.3, 0.4) is 0 Å². The third-order valence-electron chi connectivity index (χ3n) is 4.44. The van der Waals surface area contributed by atoms with Gasteiger partial charge in [-0.05, 0) is 40.7 Å². The van der Waals surface area contributed by atoms with Gasteiger partial charge in [-0.2, -0.15) is 0 Å². The molecule has 19 heavy (non-hydrogen) atoms. The third-order valence-corrected chi connectivity index (χ3v) is 5.47. The maximum Gasteiger partial charge on any atom is 0.515 e. The molecular weight excluding hydrogens is 259 g/mol. The fraction of sp³-hybridized carbons (Fsp3) is 0.769. The molecule has 3 rings (SSSR count). The molecule has 1 aromatic heterocycles. The maximum atomic E-state index is 6.03. The summed E-state index contributed by atoms with van der Waals surface area (Å²) >= 11 is 1.72. The van der Waals surface area contributed by atoms with Gasteiger partial charge in [0, 0.05) is 17.8 Å². The molecule has 1 aromatic rings. The number of aromatic nitrogens is 1. The average molecular weight is 280 g/mol. The van der Waals surface area contributed by atoms with E-state index in [2.05, 4.69) is 38.4 Å². The fourth-order valence-corrected chi connectivity index (χ4v) is 3.38. The van der Waals surface area contributed by atoms with Gasteiger partial charge in [0.15, 0.2) is 0 Å². The highest BCUT2D eigenvalue weighted by Crippen LogP contribution is 2.36. The van der Waals surface area contributed by atoms with Crippen LogP contribution in [-0.4, -0.2) is 36.4 Å². The van der Waals surface area contributed by atoms with Crippen LogP contribution in [0.1, 0.15) is 45.0 Å². The van der Waals surface area contributed by atoms with E-state index in [0.717, 1.165) is 18.7 Å². The zero-order valence-corrected chi connectivity index (χ0v) is 12.8. The van der Waals surface area contributed by atoms with Crippen LogP contribution in [0.2, 0.25) is 0 Å². The van der Waals surface area contributed by atoms with Gasteiger partial charge >= 0.3 is 7.12 Å². The smallest absolute Gasteiger partial charge is 0.398 e. The molecule has 1 atom stereocenters. The average Bonchev–Trinajstić information content (AvgIpc) is 3.00. The Kier molecular flexibility index (Phi) is 3.25. The molecule has 3 heterocycles. The zero-order valence-electron chi connectivity index (χ0n) is 12.0. The van der Waals surface area contributed by atoms with E-state index in [1.807, 2.05) is 0 Å². The molecule has 0 radical (unpaired) electrons. The van der Waals surface area contributed by atoms with Gasteiger partial charge in [-0.15, -0.1) is 11.3 Å². The lowest BCUT2D eigenvalue weighted by Gasteiger charge is -2.32. The second kappa shape index (κ2) is 4.55. The molecule has 1 unspecified atom stereocenters. The molecule has 0 aromatic carbocycles. The van der Waals surface area contributed by atoms with Crippen LogP contribution in [0.15, 0.2) is 5.38 Å². The van der Waals surface area contributed by atoms with Gasteiger partial charge in [-0.25, -0.2) is 4.98 Å². The lowest BCUT2D eigenvalue weighted by atomic mass is 9.86. The third kappa shape index (κ3) is 2.35. The minimum absolute atomic E-state index is 0.295. The van der Waals surface area contributed by atoms with E-state index >= 15 is 0 Å². The van der Waals surface area contributed by atoms with Gasteiger partial charge in [-0.1, -0.05) is 0 Å². The van der Waals surface area contributed by atoms with Gasteiger partial charge in [0.05, 0.1) is 21.8 Å². The molecule has 0 bridgehead atoms. The van der Waals surface area contributed by atoms with E-state index in [-0.39, 0.29) is 18.3 Å². The summed E-state index contributed by atoms with van der Waals surface area (Å²) in [5.41, 5.74) is 0.331. The molecule has 0 amide bonds. The highest BCUT2D eigenvalue weighted by molar-refractivity contribution is 7.10. The fourth-order valence-electron chi connectivity index (χ4n) is 2.43. The standard InChI is InChI=1S/C13H21BN2O2S/c1-12(2)13(3,4)18-14(17-12)10-8-19-11(16-10)9-5-6-15-7-9/h8-9,15H,5-7H2,1-4H3. The van der Waals surface area contributed by atoms with Crippen LogP contribution >= 0.6 is 11.3 Å². The van der Waals surface area contributed by atoms with Crippen molar-refractivity contribution in [2.24, 2.45) is 0 Å². The Labute approximate surface area is 119 Å². The summed E-state index contributed by atoms with van der Waals surface area (Å²) in [6, 6.07) is 0. The molecular formula is C13H21BN2O2S. The van der Waals surface area contributed by atoms with E-state index < -0.39 is 0 Å². The van der Waals surface area contributed by atoms with Crippen molar-refractivity contribution in [1.29, 1.82) is 0 Å². The van der Waals surface area contributed by atoms with E-state index in [1.54, 1.807) is 11.3 Å². The summed E-state index contributed by atoms with van der Waals surface area (Å²) in [7, 11) is -0.329. The van der Waals surface area contributed by atoms with Gasteiger partial charge in [0.1, 0.15) is 0 Å². The lowest BCUT2D eigenvalue weighted by Crippen LogP contribution is -2.41. The number of nitrogens with one attached hydrogen (secondary N) is 1. The lowest BCUT2D eigenvalue weighted by molar-refractivity contribution is 0.00578. The molecule has 6 heteroatoms. The normalized spacial score (nSPS) is 29.1. The number of hydrogen-bond acceptors (Lipinski definition) is 5. The van der Waals surface area contributed by atoms with Crippen LogP contribution in [0.5, 0.6) is 0 Å². The molecule has 2 fully saturated rings. The van der Waals surface area contributed by atoms with E-state index in [9.17, 15) is 0 Å². The van der Waals surface area contributed by atoms with Crippen molar-refractivity contribution < 1.29 is 9.31 Å². The molecule has 4 nitrogen and oxygen atoms in total. The van der Waals surface area contributed by atoms with Crippen LogP contribution in [0.25, 0.3) is 0 Å². The van der Waals surface area contributed by atoms with E-state index in [4.69, 9.17) is 14.3 Å². The summed E-state index contributed by atoms with van der Waals surface area (Å²) in [6.45, 7) is 10.4. The Hall–Kier alpha value is -0.425. The van der Waals surface area contributed by atoms with Crippen molar-refractivity contribution in [3.63, 3.8) is 0 Å². The number of nitrogens with zero attached hydrogens (tertiary/aromatic N) is 1. The molecule has 0 spiro atoms. The quantitative estimate of drug-likeness (QED) is 0.834. The largest absolute Gasteiger partial charge is 0.515 e. The molecule has 0 aliphatic carbocycles. The molecule has 1 N–H and O–H groups in total. The highest BCUT2D eigenvalue weighted by Gasteiger charge is 2.52. The summed E-state index contributed by atoms with van der Waals surface area (Å²) < 4.78 is 12.1. The van der Waals surface area contributed by atoms with Crippen molar-refractivity contribution in [3.8, 4) is 0 Å². The van der Waals surface area contributed by atoms with Crippen molar-refractivity contribution in [1.82, 2.24) is 10.3 Å². The first-order valence-corrected chi connectivity index (χ1v) is 7.79. The second-order valence-corrected chi connectivity index (χ2v) is 7.28. The predicted octanol–water partition coefficient (Wildman–Crippen LogP) is 1.52. The van der Waals surface area contributed by atoms with Crippen molar-refractivity contribution >= 4 is 24.0 Å². The first kappa shape index (κ1) is 13.6. The second-order valence-electron chi connectivity index (χ2n) is 6.39. The summed E-state index contributed by atoms with van der Waals surface area (Å²) in [6.07, 6.45) is 1.18. The van der Waals surface area contributed by atoms with Gasteiger partial charge < -0.3 is 14.6 Å². The highest BCUT2D eigenvalue weighted by atomic mass is 32.1. The number of rotatable bonds is 2. The van der Waals surface area contributed by atoms with Crippen molar-refractivity contribution in [2.75, 3.05) is 13.1 Å². The topological polar surface area (TPSA) is 43.4 Å². The van der Waals surface area contributed by atoms with Crippen LogP contribution in [0, 0.1) is 0 Å². The Morgan fingerprint density at radius 2 is 2.00 bits per heavy atom. The summed E-state index contributed by atoms with van der Waals surface area (Å²) in [4.78, 5) is 4.73. The van der Waals surface area contributed by atoms with E-state index in [1.165, 1.54) is 11.4 Å². The molecule has 0 saturated carbocycles. The first-order chi connectivity index (χ1) is 8.89.